The van der Waals surface area contributed by atoms with Gasteiger partial charge in [0.2, 0.25) is 0 Å². The van der Waals surface area contributed by atoms with Gasteiger partial charge in [0.15, 0.2) is 6.19 Å². The van der Waals surface area contributed by atoms with Gasteiger partial charge in [-0.3, -0.25) is 10.1 Å². The first-order valence-electron chi connectivity index (χ1n) is 3.96. The molecule has 1 amide bonds. The van der Waals surface area contributed by atoms with Crippen LogP contribution in [0.25, 0.3) is 6.08 Å². The van der Waals surface area contributed by atoms with Crippen molar-refractivity contribution in [1.29, 1.82) is 5.26 Å². The maximum atomic E-state index is 10.9. The third-order valence-electron chi connectivity index (χ3n) is 1.58. The van der Waals surface area contributed by atoms with Crippen molar-refractivity contribution in [1.82, 2.24) is 5.32 Å². The summed E-state index contributed by atoms with van der Waals surface area (Å²) in [5, 5.41) is 11.0. The fraction of sp³-hybridized carbons (Fsp3) is 0. The van der Waals surface area contributed by atoms with E-state index in [-0.39, 0.29) is 0 Å². The summed E-state index contributed by atoms with van der Waals surface area (Å²) in [4.78, 5) is 10.9. The van der Waals surface area contributed by atoms with Gasteiger partial charge >= 0.3 is 0 Å². The lowest BCUT2D eigenvalue weighted by atomic mass is 10.2. The summed E-state index contributed by atoms with van der Waals surface area (Å²) in [5.41, 5.74) is 0.550. The topological polar surface area (TPSA) is 52.9 Å². The van der Waals surface area contributed by atoms with Crippen LogP contribution in [0, 0.1) is 11.5 Å². The van der Waals surface area contributed by atoms with Crippen molar-refractivity contribution < 1.29 is 4.79 Å². The summed E-state index contributed by atoms with van der Waals surface area (Å²) < 4.78 is 0. The van der Waals surface area contributed by atoms with Crippen molar-refractivity contribution >= 4 is 35.2 Å². The molecule has 0 saturated heterocycles. The van der Waals surface area contributed by atoms with E-state index < -0.39 is 5.91 Å². The van der Waals surface area contributed by atoms with E-state index in [0.29, 0.717) is 15.6 Å². The van der Waals surface area contributed by atoms with Crippen molar-refractivity contribution in [2.75, 3.05) is 0 Å². The molecule has 5 heteroatoms. The highest BCUT2D eigenvalue weighted by molar-refractivity contribution is 6.37. The number of halogens is 2. The van der Waals surface area contributed by atoms with Crippen LogP contribution in [0.3, 0.4) is 0 Å². The average Bonchev–Trinajstić information content (AvgIpc) is 2.17. The second-order valence-electron chi connectivity index (χ2n) is 2.57. The molecule has 0 aromatic heterocycles. The maximum absolute atomic E-state index is 10.9. The Kier molecular flexibility index (Phi) is 4.17. The van der Waals surface area contributed by atoms with E-state index in [1.54, 1.807) is 18.2 Å². The van der Waals surface area contributed by atoms with Crippen LogP contribution in [0.4, 0.5) is 0 Å². The van der Waals surface area contributed by atoms with E-state index in [4.69, 9.17) is 28.5 Å². The molecule has 0 fully saturated rings. The summed E-state index contributed by atoms with van der Waals surface area (Å²) in [7, 11) is 0. The number of benzene rings is 1. The Morgan fingerprint density at radius 3 is 2.53 bits per heavy atom. The molecule has 1 aromatic rings. The minimum Gasteiger partial charge on any atom is -0.269 e. The van der Waals surface area contributed by atoms with Gasteiger partial charge in [0.1, 0.15) is 0 Å². The number of hydrogen-bond donors (Lipinski definition) is 1. The molecule has 1 rings (SSSR count). The first kappa shape index (κ1) is 11.6. The quantitative estimate of drug-likeness (QED) is 0.491. The van der Waals surface area contributed by atoms with Crippen LogP contribution in [0.1, 0.15) is 5.56 Å². The standard InChI is InChI=1S/C10H6Cl2N2O/c11-8-2-1-3-9(12)7(8)4-5-10(15)14-6-13/h1-5H,(H,14,15). The fourth-order valence-electron chi connectivity index (χ4n) is 0.926. The number of nitrogens with one attached hydrogen (secondary N) is 1. The smallest absolute Gasteiger partial charge is 0.256 e. The number of rotatable bonds is 2. The highest BCUT2D eigenvalue weighted by atomic mass is 35.5. The lowest BCUT2D eigenvalue weighted by Gasteiger charge is -1.99. The highest BCUT2D eigenvalue weighted by Gasteiger charge is 2.01. The van der Waals surface area contributed by atoms with Crippen LogP contribution in [0.5, 0.6) is 0 Å². The van der Waals surface area contributed by atoms with Gasteiger partial charge in [0.25, 0.3) is 5.91 Å². The predicted octanol–water partition coefficient (Wildman–Crippen LogP) is 2.60. The number of nitriles is 1. The van der Waals surface area contributed by atoms with E-state index >= 15 is 0 Å². The van der Waals surface area contributed by atoms with Crippen molar-refractivity contribution in [2.45, 2.75) is 0 Å². The molecule has 0 heterocycles. The Bertz CT molecular complexity index is 429. The van der Waals surface area contributed by atoms with Crippen LogP contribution in [-0.2, 0) is 4.79 Å². The first-order chi connectivity index (χ1) is 7.15. The van der Waals surface area contributed by atoms with Crippen molar-refractivity contribution in [3.05, 3.63) is 39.9 Å². The zero-order chi connectivity index (χ0) is 11.3. The van der Waals surface area contributed by atoms with Crippen LogP contribution in [-0.4, -0.2) is 5.91 Å². The molecule has 0 bridgehead atoms. The molecule has 3 nitrogen and oxygen atoms in total. The monoisotopic (exact) mass is 240 g/mol. The van der Waals surface area contributed by atoms with Gasteiger partial charge in [-0.15, -0.1) is 0 Å². The molecular weight excluding hydrogens is 235 g/mol. The minimum atomic E-state index is -0.520. The van der Waals surface area contributed by atoms with E-state index in [1.165, 1.54) is 18.3 Å². The Balaban J connectivity index is 2.90. The molecule has 0 unspecified atom stereocenters. The molecule has 0 radical (unpaired) electrons. The molecule has 15 heavy (non-hydrogen) atoms. The Morgan fingerprint density at radius 1 is 1.40 bits per heavy atom. The molecule has 76 valence electrons. The molecule has 0 aliphatic rings. The van der Waals surface area contributed by atoms with Crippen LogP contribution >= 0.6 is 23.2 Å². The molecule has 0 atom stereocenters. The summed E-state index contributed by atoms with van der Waals surface area (Å²) in [6, 6.07) is 5.03. The largest absolute Gasteiger partial charge is 0.269 e. The van der Waals surface area contributed by atoms with Crippen molar-refractivity contribution in [3.63, 3.8) is 0 Å². The van der Waals surface area contributed by atoms with Gasteiger partial charge in [-0.2, -0.15) is 5.26 Å². The third kappa shape index (κ3) is 3.28. The number of amides is 1. The molecule has 0 spiro atoms. The fourth-order valence-corrected chi connectivity index (χ4v) is 1.45. The van der Waals surface area contributed by atoms with Gasteiger partial charge in [0.05, 0.1) is 0 Å². The predicted molar refractivity (Wildman–Crippen MR) is 59.3 cm³/mol. The molecule has 1 N–H and O–H groups in total. The van der Waals surface area contributed by atoms with E-state index in [2.05, 4.69) is 0 Å². The minimum absolute atomic E-state index is 0.448. The summed E-state index contributed by atoms with van der Waals surface area (Å²) in [6.45, 7) is 0. The Labute approximate surface area is 96.9 Å². The zero-order valence-corrected chi connectivity index (χ0v) is 9.01. The molecule has 0 aliphatic carbocycles. The highest BCUT2D eigenvalue weighted by Crippen LogP contribution is 2.25. The maximum Gasteiger partial charge on any atom is 0.256 e. The van der Waals surface area contributed by atoms with Gasteiger partial charge in [0, 0.05) is 21.7 Å². The molecule has 0 saturated carbocycles. The summed E-state index contributed by atoms with van der Waals surface area (Å²) >= 11 is 11.7. The van der Waals surface area contributed by atoms with Crippen molar-refractivity contribution in [2.24, 2.45) is 0 Å². The van der Waals surface area contributed by atoms with Crippen molar-refractivity contribution in [3.8, 4) is 6.19 Å². The third-order valence-corrected chi connectivity index (χ3v) is 2.24. The van der Waals surface area contributed by atoms with Gasteiger partial charge in [-0.1, -0.05) is 29.3 Å². The number of hydrogen-bond acceptors (Lipinski definition) is 2. The normalized spacial score (nSPS) is 9.93. The Morgan fingerprint density at radius 2 is 2.00 bits per heavy atom. The lowest BCUT2D eigenvalue weighted by molar-refractivity contribution is -0.115. The molecule has 1 aromatic carbocycles. The van der Waals surface area contributed by atoms with Crippen LogP contribution in [0.15, 0.2) is 24.3 Å². The SMILES string of the molecule is N#CNC(=O)C=Cc1c(Cl)cccc1Cl. The van der Waals surface area contributed by atoms with Gasteiger partial charge < -0.3 is 0 Å². The second-order valence-corrected chi connectivity index (χ2v) is 3.38. The summed E-state index contributed by atoms with van der Waals surface area (Å²) in [5.74, 6) is -0.520. The molecule has 0 aliphatic heterocycles. The average molecular weight is 241 g/mol. The van der Waals surface area contributed by atoms with E-state index in [9.17, 15) is 4.79 Å². The van der Waals surface area contributed by atoms with Crippen LogP contribution < -0.4 is 5.32 Å². The van der Waals surface area contributed by atoms with Gasteiger partial charge in [-0.05, 0) is 18.2 Å². The van der Waals surface area contributed by atoms with Crippen LogP contribution in [0.2, 0.25) is 10.0 Å². The number of nitrogens with zero attached hydrogens (tertiary/aromatic N) is 1. The number of carbonyl (C=O) groups is 1. The second kappa shape index (κ2) is 5.40. The first-order valence-corrected chi connectivity index (χ1v) is 4.72. The molecular formula is C10H6Cl2N2O. The summed E-state index contributed by atoms with van der Waals surface area (Å²) in [6.07, 6.45) is 4.16. The van der Waals surface area contributed by atoms with Gasteiger partial charge in [-0.25, -0.2) is 0 Å². The number of carbonyl (C=O) groups excluding carboxylic acids is 1. The van der Waals surface area contributed by atoms with E-state index in [1.807, 2.05) is 5.32 Å². The lowest BCUT2D eigenvalue weighted by Crippen LogP contribution is -2.13. The Hall–Kier alpha value is -1.50. The zero-order valence-electron chi connectivity index (χ0n) is 7.50. The van der Waals surface area contributed by atoms with E-state index in [0.717, 1.165) is 0 Å².